The van der Waals surface area contributed by atoms with Gasteiger partial charge in [0.15, 0.2) is 0 Å². The minimum absolute atomic E-state index is 1.06. The number of thioether (sulfide) groups is 1. The molecule has 78 valence electrons. The van der Waals surface area contributed by atoms with Crippen molar-refractivity contribution in [2.24, 2.45) is 0 Å². The summed E-state index contributed by atoms with van der Waals surface area (Å²) >= 11 is 1.58. The van der Waals surface area contributed by atoms with Crippen molar-refractivity contribution in [2.45, 2.75) is 11.8 Å². The van der Waals surface area contributed by atoms with Crippen molar-refractivity contribution in [3.63, 3.8) is 0 Å². The second-order valence-corrected chi connectivity index (χ2v) is 4.31. The van der Waals surface area contributed by atoms with Gasteiger partial charge in [-0.1, -0.05) is 42.3 Å². The number of aryl methyl sites for hydroxylation is 1. The fourth-order valence-electron chi connectivity index (χ4n) is 1.33. The molecule has 0 radical (unpaired) electrons. The van der Waals surface area contributed by atoms with Crippen LogP contribution in [0.15, 0.2) is 59.5 Å². The summed E-state index contributed by atoms with van der Waals surface area (Å²) in [6.07, 6.45) is 0. The molecule has 0 unspecified atom stereocenters. The molecule has 0 N–H and O–H groups in total. The highest BCUT2D eigenvalue weighted by molar-refractivity contribution is 8.04. The predicted octanol–water partition coefficient (Wildman–Crippen LogP) is 4.10. The zero-order valence-corrected chi connectivity index (χ0v) is 9.92. The molecule has 0 atom stereocenters. The molecule has 1 heteroatoms. The van der Waals surface area contributed by atoms with Gasteiger partial charge in [0.25, 0.3) is 0 Å². The van der Waals surface area contributed by atoms with Gasteiger partial charge in [-0.2, -0.15) is 0 Å². The van der Waals surface area contributed by atoms with Crippen molar-refractivity contribution < 1.29 is 0 Å². The largest absolute Gasteiger partial charge is 0.0622 e. The summed E-state index contributed by atoms with van der Waals surface area (Å²) in [6.45, 7) is 2.10. The molecule has 2 aromatic carbocycles. The van der Waals surface area contributed by atoms with Crippen LogP contribution in [0, 0.1) is 18.1 Å². The minimum Gasteiger partial charge on any atom is -0.0622 e. The fourth-order valence-corrected chi connectivity index (χ4v) is 1.99. The van der Waals surface area contributed by atoms with Gasteiger partial charge in [-0.3, -0.25) is 0 Å². The van der Waals surface area contributed by atoms with E-state index in [2.05, 4.69) is 30.2 Å². The molecule has 0 amide bonds. The first kappa shape index (κ1) is 10.9. The lowest BCUT2D eigenvalue weighted by Gasteiger charge is -1.97. The average molecular weight is 224 g/mol. The van der Waals surface area contributed by atoms with Gasteiger partial charge in [-0.05, 0) is 47.7 Å². The Bertz CT molecular complexity index is 518. The van der Waals surface area contributed by atoms with Crippen LogP contribution in [0.2, 0.25) is 0 Å². The standard InChI is InChI=1S/C15H12S/c1-13-7-5-6-10-15(13)16-12-11-14-8-3-2-4-9-14/h2-10H,1H3. The molecule has 0 heterocycles. The minimum atomic E-state index is 1.06. The monoisotopic (exact) mass is 224 g/mol. The van der Waals surface area contributed by atoms with Gasteiger partial charge in [-0.15, -0.1) is 0 Å². The highest BCUT2D eigenvalue weighted by atomic mass is 32.2. The third kappa shape index (κ3) is 2.92. The maximum absolute atomic E-state index is 3.13. The molecule has 0 spiro atoms. The van der Waals surface area contributed by atoms with E-state index in [0.29, 0.717) is 0 Å². The van der Waals surface area contributed by atoms with Gasteiger partial charge in [0.05, 0.1) is 0 Å². The van der Waals surface area contributed by atoms with E-state index in [1.165, 1.54) is 10.5 Å². The van der Waals surface area contributed by atoms with Crippen molar-refractivity contribution in [2.75, 3.05) is 0 Å². The second kappa shape index (κ2) is 5.44. The van der Waals surface area contributed by atoms with E-state index in [4.69, 9.17) is 0 Å². The maximum Gasteiger partial charge on any atom is 0.0254 e. The first-order valence-electron chi connectivity index (χ1n) is 5.15. The normalized spacial score (nSPS) is 9.31. The fraction of sp³-hybridized carbons (Fsp3) is 0.0667. The molecular formula is C15H12S. The van der Waals surface area contributed by atoms with E-state index >= 15 is 0 Å². The number of hydrogen-bond donors (Lipinski definition) is 0. The Hall–Kier alpha value is -1.65. The van der Waals surface area contributed by atoms with E-state index in [1.807, 2.05) is 42.5 Å². The third-order valence-electron chi connectivity index (χ3n) is 2.22. The predicted molar refractivity (Wildman–Crippen MR) is 70.4 cm³/mol. The van der Waals surface area contributed by atoms with Crippen LogP contribution in [0.3, 0.4) is 0 Å². The van der Waals surface area contributed by atoms with Gasteiger partial charge < -0.3 is 0 Å². The molecule has 0 aliphatic heterocycles. The van der Waals surface area contributed by atoms with E-state index in [-0.39, 0.29) is 0 Å². The van der Waals surface area contributed by atoms with Crippen molar-refractivity contribution in [3.8, 4) is 11.2 Å². The van der Waals surface area contributed by atoms with Crippen LogP contribution < -0.4 is 0 Å². The van der Waals surface area contributed by atoms with Gasteiger partial charge in [-0.25, -0.2) is 0 Å². The number of rotatable bonds is 1. The SMILES string of the molecule is Cc1ccccc1SC#Cc1ccccc1. The van der Waals surface area contributed by atoms with E-state index in [0.717, 1.165) is 5.56 Å². The molecule has 16 heavy (non-hydrogen) atoms. The Labute approximate surface area is 101 Å². The van der Waals surface area contributed by atoms with Crippen LogP contribution in [-0.4, -0.2) is 0 Å². The van der Waals surface area contributed by atoms with E-state index < -0.39 is 0 Å². The van der Waals surface area contributed by atoms with Crippen LogP contribution in [0.1, 0.15) is 11.1 Å². The molecule has 0 bridgehead atoms. The van der Waals surface area contributed by atoms with E-state index in [9.17, 15) is 0 Å². The quantitative estimate of drug-likeness (QED) is 0.519. The summed E-state index contributed by atoms with van der Waals surface area (Å²) in [5, 5.41) is 3.13. The second-order valence-electron chi connectivity index (χ2n) is 3.46. The smallest absolute Gasteiger partial charge is 0.0254 e. The lowest BCUT2D eigenvalue weighted by molar-refractivity contribution is 1.31. The summed E-state index contributed by atoms with van der Waals surface area (Å²) in [4.78, 5) is 1.23. The topological polar surface area (TPSA) is 0 Å². The van der Waals surface area contributed by atoms with Gasteiger partial charge in [0.1, 0.15) is 0 Å². The molecule has 0 aromatic heterocycles. The highest BCUT2D eigenvalue weighted by Crippen LogP contribution is 2.20. The Balaban J connectivity index is 2.09. The number of hydrogen-bond acceptors (Lipinski definition) is 1. The third-order valence-corrected chi connectivity index (χ3v) is 3.11. The van der Waals surface area contributed by atoms with Gasteiger partial charge >= 0.3 is 0 Å². The molecule has 0 aliphatic carbocycles. The van der Waals surface area contributed by atoms with Crippen LogP contribution in [0.4, 0.5) is 0 Å². The lowest BCUT2D eigenvalue weighted by Crippen LogP contribution is -1.75. The maximum atomic E-state index is 3.13. The highest BCUT2D eigenvalue weighted by Gasteiger charge is 1.93. The molecule has 0 saturated carbocycles. The molecule has 0 saturated heterocycles. The van der Waals surface area contributed by atoms with Crippen LogP contribution in [-0.2, 0) is 0 Å². The van der Waals surface area contributed by atoms with Crippen LogP contribution >= 0.6 is 11.8 Å². The number of benzene rings is 2. The molecular weight excluding hydrogens is 212 g/mol. The van der Waals surface area contributed by atoms with Gasteiger partial charge in [0.2, 0.25) is 0 Å². The molecule has 2 rings (SSSR count). The first-order chi connectivity index (χ1) is 7.86. The molecule has 0 nitrogen and oxygen atoms in total. The Morgan fingerprint density at radius 3 is 2.31 bits per heavy atom. The average Bonchev–Trinajstić information content (AvgIpc) is 2.33. The Morgan fingerprint density at radius 2 is 1.56 bits per heavy atom. The first-order valence-corrected chi connectivity index (χ1v) is 5.96. The summed E-state index contributed by atoms with van der Waals surface area (Å²) < 4.78 is 0. The molecule has 0 fully saturated rings. The van der Waals surface area contributed by atoms with Crippen LogP contribution in [0.25, 0.3) is 0 Å². The molecule has 2 aromatic rings. The summed E-state index contributed by atoms with van der Waals surface area (Å²) in [7, 11) is 0. The van der Waals surface area contributed by atoms with Crippen molar-refractivity contribution in [1.29, 1.82) is 0 Å². The van der Waals surface area contributed by atoms with Gasteiger partial charge in [0, 0.05) is 10.5 Å². The van der Waals surface area contributed by atoms with Crippen LogP contribution in [0.5, 0.6) is 0 Å². The Kier molecular flexibility index (Phi) is 3.69. The summed E-state index contributed by atoms with van der Waals surface area (Å²) in [5.74, 6) is 3.13. The zero-order chi connectivity index (χ0) is 11.2. The summed E-state index contributed by atoms with van der Waals surface area (Å²) in [5.41, 5.74) is 2.33. The molecule has 0 aliphatic rings. The summed E-state index contributed by atoms with van der Waals surface area (Å²) in [6, 6.07) is 18.3. The zero-order valence-electron chi connectivity index (χ0n) is 9.10. The van der Waals surface area contributed by atoms with Crippen molar-refractivity contribution in [1.82, 2.24) is 0 Å². The van der Waals surface area contributed by atoms with Crippen molar-refractivity contribution in [3.05, 3.63) is 65.7 Å². The van der Waals surface area contributed by atoms with E-state index in [1.54, 1.807) is 11.8 Å². The van der Waals surface area contributed by atoms with Crippen molar-refractivity contribution >= 4 is 11.8 Å². The Morgan fingerprint density at radius 1 is 0.875 bits per heavy atom. The lowest BCUT2D eigenvalue weighted by atomic mass is 10.2.